The third kappa shape index (κ3) is 4.83. The van der Waals surface area contributed by atoms with Crippen LogP contribution < -0.4 is 10.2 Å². The van der Waals surface area contributed by atoms with Crippen LogP contribution in [0, 0.1) is 5.92 Å². The Morgan fingerprint density at radius 2 is 1.81 bits per heavy atom. The van der Waals surface area contributed by atoms with E-state index < -0.39 is 0 Å². The maximum absolute atomic E-state index is 4.27. The van der Waals surface area contributed by atoms with Gasteiger partial charge in [0.15, 0.2) is 0 Å². The minimum Gasteiger partial charge on any atom is -0.369 e. The first-order chi connectivity index (χ1) is 10.2. The summed E-state index contributed by atoms with van der Waals surface area (Å²) in [5.41, 5.74) is 3.70. The first-order valence-corrected chi connectivity index (χ1v) is 7.40. The second-order valence-electron chi connectivity index (χ2n) is 5.74. The fraction of sp³-hybridized carbons (Fsp3) is 0.412. The van der Waals surface area contributed by atoms with Gasteiger partial charge in [-0.25, -0.2) is 0 Å². The van der Waals surface area contributed by atoms with Crippen LogP contribution in [0.1, 0.15) is 25.0 Å². The first-order valence-electron chi connectivity index (χ1n) is 7.40. The van der Waals surface area contributed by atoms with E-state index >= 15 is 0 Å². The molecule has 112 valence electrons. The molecule has 1 N–H and O–H groups in total. The molecule has 2 aromatic heterocycles. The van der Waals surface area contributed by atoms with Gasteiger partial charge in [0.05, 0.1) is 11.9 Å². The maximum atomic E-state index is 4.27. The van der Waals surface area contributed by atoms with E-state index in [4.69, 9.17) is 0 Å². The van der Waals surface area contributed by atoms with Gasteiger partial charge >= 0.3 is 0 Å². The van der Waals surface area contributed by atoms with E-state index in [1.165, 1.54) is 16.8 Å². The van der Waals surface area contributed by atoms with E-state index in [-0.39, 0.29) is 0 Å². The maximum Gasteiger partial charge on any atom is 0.0598 e. The number of hydrogen-bond donors (Lipinski definition) is 1. The van der Waals surface area contributed by atoms with Gasteiger partial charge in [0.2, 0.25) is 0 Å². The van der Waals surface area contributed by atoms with Crippen LogP contribution in [0.15, 0.2) is 43.0 Å². The topological polar surface area (TPSA) is 41.1 Å². The van der Waals surface area contributed by atoms with Crippen LogP contribution in [0.4, 0.5) is 5.69 Å². The van der Waals surface area contributed by atoms with Crippen LogP contribution in [0.5, 0.6) is 0 Å². The van der Waals surface area contributed by atoms with Crippen LogP contribution in [-0.2, 0) is 13.1 Å². The van der Waals surface area contributed by atoms with Gasteiger partial charge in [0.25, 0.3) is 0 Å². The van der Waals surface area contributed by atoms with Gasteiger partial charge in [-0.05, 0) is 41.8 Å². The van der Waals surface area contributed by atoms with Gasteiger partial charge in [-0.1, -0.05) is 13.8 Å². The average molecular weight is 284 g/mol. The number of nitrogens with zero attached hydrogens (tertiary/aromatic N) is 3. The third-order valence-electron chi connectivity index (χ3n) is 3.34. The fourth-order valence-corrected chi connectivity index (χ4v) is 2.25. The summed E-state index contributed by atoms with van der Waals surface area (Å²) in [6.45, 7) is 7.18. The number of nitrogens with one attached hydrogen (secondary N) is 1. The van der Waals surface area contributed by atoms with Crippen molar-refractivity contribution in [2.75, 3.05) is 18.5 Å². The zero-order valence-corrected chi connectivity index (χ0v) is 13.1. The van der Waals surface area contributed by atoms with Gasteiger partial charge in [0, 0.05) is 38.7 Å². The van der Waals surface area contributed by atoms with Crippen molar-refractivity contribution in [3.8, 4) is 0 Å². The Labute approximate surface area is 127 Å². The zero-order valence-electron chi connectivity index (χ0n) is 13.1. The molecule has 0 aliphatic rings. The van der Waals surface area contributed by atoms with Crippen molar-refractivity contribution in [2.24, 2.45) is 5.92 Å². The van der Waals surface area contributed by atoms with Gasteiger partial charge in [0.1, 0.15) is 0 Å². The van der Waals surface area contributed by atoms with Crippen molar-refractivity contribution < 1.29 is 0 Å². The number of hydrogen-bond acceptors (Lipinski definition) is 4. The summed E-state index contributed by atoms with van der Waals surface area (Å²) < 4.78 is 0. The normalized spacial score (nSPS) is 10.9. The Bertz CT molecular complexity index is 539. The second kappa shape index (κ2) is 7.74. The number of anilines is 1. The summed E-state index contributed by atoms with van der Waals surface area (Å²) >= 11 is 0. The number of aromatic nitrogens is 2. The molecule has 0 bridgehead atoms. The highest BCUT2D eigenvalue weighted by molar-refractivity contribution is 5.51. The average Bonchev–Trinajstić information content (AvgIpc) is 2.48. The van der Waals surface area contributed by atoms with Crippen LogP contribution in [0.25, 0.3) is 0 Å². The van der Waals surface area contributed by atoms with Crippen LogP contribution >= 0.6 is 0 Å². The van der Waals surface area contributed by atoms with Crippen LogP contribution in [-0.4, -0.2) is 23.6 Å². The Morgan fingerprint density at radius 3 is 2.52 bits per heavy atom. The molecule has 0 aliphatic carbocycles. The minimum absolute atomic E-state index is 0.657. The number of rotatable bonds is 7. The molecule has 0 saturated carbocycles. The van der Waals surface area contributed by atoms with Crippen molar-refractivity contribution in [1.29, 1.82) is 0 Å². The molecular formula is C17H24N4. The lowest BCUT2D eigenvalue weighted by molar-refractivity contribution is 0.552. The molecule has 4 heteroatoms. The van der Waals surface area contributed by atoms with Gasteiger partial charge in [-0.15, -0.1) is 0 Å². The van der Waals surface area contributed by atoms with Crippen molar-refractivity contribution in [3.05, 3.63) is 54.1 Å². The molecule has 0 spiro atoms. The van der Waals surface area contributed by atoms with Crippen molar-refractivity contribution in [1.82, 2.24) is 15.3 Å². The Hall–Kier alpha value is -1.94. The Morgan fingerprint density at radius 1 is 1.10 bits per heavy atom. The zero-order chi connectivity index (χ0) is 15.1. The predicted octanol–water partition coefficient (Wildman–Crippen LogP) is 2.86. The largest absolute Gasteiger partial charge is 0.369 e. The summed E-state index contributed by atoms with van der Waals surface area (Å²) in [4.78, 5) is 10.6. The molecular weight excluding hydrogens is 260 g/mol. The summed E-state index contributed by atoms with van der Waals surface area (Å²) in [5.74, 6) is 0.657. The quantitative estimate of drug-likeness (QED) is 0.849. The van der Waals surface area contributed by atoms with Crippen LogP contribution in [0.2, 0.25) is 0 Å². The standard InChI is InChI=1S/C17H24N4/c1-14(2)10-20-11-16-6-9-19-12-17(16)21(3)13-15-4-7-18-8-5-15/h4-9,12,14,20H,10-11,13H2,1-3H3. The molecule has 0 aliphatic heterocycles. The lowest BCUT2D eigenvalue weighted by atomic mass is 10.1. The molecule has 0 aromatic carbocycles. The van der Waals surface area contributed by atoms with Crippen molar-refractivity contribution in [2.45, 2.75) is 26.9 Å². The third-order valence-corrected chi connectivity index (χ3v) is 3.34. The molecule has 0 fully saturated rings. The molecule has 0 atom stereocenters. The summed E-state index contributed by atoms with van der Waals surface area (Å²) in [5, 5.41) is 3.50. The summed E-state index contributed by atoms with van der Waals surface area (Å²) in [6.07, 6.45) is 7.46. The molecule has 0 amide bonds. The van der Waals surface area contributed by atoms with Gasteiger partial charge in [-0.2, -0.15) is 0 Å². The summed E-state index contributed by atoms with van der Waals surface area (Å²) in [6, 6.07) is 6.18. The molecule has 2 aromatic rings. The molecule has 0 unspecified atom stereocenters. The minimum atomic E-state index is 0.657. The molecule has 21 heavy (non-hydrogen) atoms. The summed E-state index contributed by atoms with van der Waals surface area (Å²) in [7, 11) is 2.10. The van der Waals surface area contributed by atoms with E-state index in [2.05, 4.69) is 47.1 Å². The first kappa shape index (κ1) is 15.4. The molecule has 4 nitrogen and oxygen atoms in total. The predicted molar refractivity (Wildman–Crippen MR) is 87.1 cm³/mol. The van der Waals surface area contributed by atoms with Crippen molar-refractivity contribution in [3.63, 3.8) is 0 Å². The highest BCUT2D eigenvalue weighted by Gasteiger charge is 2.08. The monoisotopic (exact) mass is 284 g/mol. The fourth-order valence-electron chi connectivity index (χ4n) is 2.25. The molecule has 0 radical (unpaired) electrons. The number of pyridine rings is 2. The van der Waals surface area contributed by atoms with E-state index in [1.807, 2.05) is 36.9 Å². The molecule has 2 heterocycles. The van der Waals surface area contributed by atoms with E-state index in [0.717, 1.165) is 19.6 Å². The van der Waals surface area contributed by atoms with E-state index in [9.17, 15) is 0 Å². The highest BCUT2D eigenvalue weighted by atomic mass is 15.1. The Kier molecular flexibility index (Phi) is 5.69. The van der Waals surface area contributed by atoms with Crippen molar-refractivity contribution >= 4 is 5.69 Å². The van der Waals surface area contributed by atoms with E-state index in [1.54, 1.807) is 0 Å². The van der Waals surface area contributed by atoms with Gasteiger partial charge < -0.3 is 10.2 Å². The SMILES string of the molecule is CC(C)CNCc1ccncc1N(C)Cc1ccncc1. The Balaban J connectivity index is 2.04. The van der Waals surface area contributed by atoms with Crippen LogP contribution in [0.3, 0.4) is 0 Å². The van der Waals surface area contributed by atoms with E-state index in [0.29, 0.717) is 5.92 Å². The van der Waals surface area contributed by atoms with Gasteiger partial charge in [-0.3, -0.25) is 9.97 Å². The lowest BCUT2D eigenvalue weighted by Gasteiger charge is -2.22. The highest BCUT2D eigenvalue weighted by Crippen LogP contribution is 2.19. The molecule has 2 rings (SSSR count). The second-order valence-corrected chi connectivity index (χ2v) is 5.74. The lowest BCUT2D eigenvalue weighted by Crippen LogP contribution is -2.23. The smallest absolute Gasteiger partial charge is 0.0598 e. The molecule has 0 saturated heterocycles.